The summed E-state index contributed by atoms with van der Waals surface area (Å²) in [5, 5.41) is 7.98. The molecule has 1 N–H and O–H groups in total. The molecule has 0 aromatic carbocycles. The van der Waals surface area contributed by atoms with Gasteiger partial charge in [0.1, 0.15) is 5.78 Å². The fraction of sp³-hybridized carbons (Fsp3) is 0.571. The van der Waals surface area contributed by atoms with Crippen molar-refractivity contribution in [3.8, 4) is 0 Å². The third-order valence-electron chi connectivity index (χ3n) is 1.20. The van der Waals surface area contributed by atoms with Gasteiger partial charge < -0.3 is 9.84 Å². The predicted octanol–water partition coefficient (Wildman–Crippen LogP) is 0.967. The predicted molar refractivity (Wildman–Crippen MR) is 38.6 cm³/mol. The maximum absolute atomic E-state index is 10.6. The zero-order chi connectivity index (χ0) is 9.56. The molecule has 0 amide bonds. The van der Waals surface area contributed by atoms with Crippen LogP contribution < -0.4 is 0 Å². The van der Waals surface area contributed by atoms with Gasteiger partial charge >= 0.3 is 12.1 Å². The van der Waals surface area contributed by atoms with E-state index in [1.165, 1.54) is 0 Å². The minimum Gasteiger partial charge on any atom is -0.449 e. The molecular weight excluding hydrogens is 164 g/mol. The summed E-state index contributed by atoms with van der Waals surface area (Å²) in [5.41, 5.74) is 0. The summed E-state index contributed by atoms with van der Waals surface area (Å²) in [6.07, 6.45) is -1.41. The molecule has 0 saturated carbocycles. The Labute approximate surface area is 69.3 Å². The lowest BCUT2D eigenvalue weighted by molar-refractivity contribution is -0.140. The number of carboxylic acid groups (broad SMARTS) is 1. The zero-order valence-corrected chi connectivity index (χ0v) is 6.70. The summed E-state index contributed by atoms with van der Waals surface area (Å²) in [5.74, 6) is -0.971. The Hall–Kier alpha value is -1.39. The third kappa shape index (κ3) is 5.40. The molecule has 0 radical (unpaired) electrons. The van der Waals surface area contributed by atoms with Crippen LogP contribution in [0, 0.1) is 0 Å². The number of hydrogen-bond acceptors (Lipinski definition) is 4. The summed E-state index contributed by atoms with van der Waals surface area (Å²) in [7, 11) is 0. The largest absolute Gasteiger partial charge is 0.513 e. The molecule has 12 heavy (non-hydrogen) atoms. The molecule has 0 unspecified atom stereocenters. The molecule has 0 bridgehead atoms. The van der Waals surface area contributed by atoms with Crippen molar-refractivity contribution >= 4 is 17.9 Å². The first kappa shape index (κ1) is 10.6. The lowest BCUT2D eigenvalue weighted by Crippen LogP contribution is -2.11. The van der Waals surface area contributed by atoms with Crippen LogP contribution in [0.1, 0.15) is 26.2 Å². The highest BCUT2D eigenvalue weighted by molar-refractivity contribution is 5.86. The Morgan fingerprint density at radius 2 is 1.83 bits per heavy atom. The van der Waals surface area contributed by atoms with Crippen molar-refractivity contribution in [2.75, 3.05) is 0 Å². The first-order valence-corrected chi connectivity index (χ1v) is 3.51. The number of Topliss-reactive ketones (excluding diaryl/α,β-unsaturated/α-hetero) is 1. The maximum Gasteiger partial charge on any atom is 0.513 e. The fourth-order valence-corrected chi connectivity index (χ4v) is 0.567. The van der Waals surface area contributed by atoms with Crippen LogP contribution in [0.4, 0.5) is 4.79 Å². The summed E-state index contributed by atoms with van der Waals surface area (Å²) >= 11 is 0. The van der Waals surface area contributed by atoms with E-state index in [0.717, 1.165) is 0 Å². The summed E-state index contributed by atoms with van der Waals surface area (Å²) in [4.78, 5) is 31.0. The summed E-state index contributed by atoms with van der Waals surface area (Å²) in [6, 6.07) is 0. The second kappa shape index (κ2) is 5.29. The highest BCUT2D eigenvalue weighted by Crippen LogP contribution is 1.96. The lowest BCUT2D eigenvalue weighted by atomic mass is 10.2. The molecule has 0 aliphatic carbocycles. The highest BCUT2D eigenvalue weighted by atomic mass is 16.7. The van der Waals surface area contributed by atoms with Gasteiger partial charge in [0.25, 0.3) is 0 Å². The second-order valence-corrected chi connectivity index (χ2v) is 2.13. The molecular formula is C7H10O5. The smallest absolute Gasteiger partial charge is 0.449 e. The molecule has 0 atom stereocenters. The van der Waals surface area contributed by atoms with E-state index in [1.807, 2.05) is 0 Å². The second-order valence-electron chi connectivity index (χ2n) is 2.13. The minimum absolute atomic E-state index is 0.0443. The van der Waals surface area contributed by atoms with E-state index in [1.54, 1.807) is 6.92 Å². The quantitative estimate of drug-likeness (QED) is 0.507. The van der Waals surface area contributed by atoms with E-state index in [0.29, 0.717) is 6.42 Å². The van der Waals surface area contributed by atoms with Gasteiger partial charge in [-0.3, -0.25) is 9.59 Å². The number of rotatable bonds is 4. The zero-order valence-electron chi connectivity index (χ0n) is 6.70. The first-order valence-electron chi connectivity index (χ1n) is 3.51. The Morgan fingerprint density at radius 1 is 1.25 bits per heavy atom. The number of esters is 1. The van der Waals surface area contributed by atoms with Gasteiger partial charge in [-0.25, -0.2) is 4.79 Å². The summed E-state index contributed by atoms with van der Waals surface area (Å²) < 4.78 is 3.77. The molecule has 68 valence electrons. The minimum atomic E-state index is -1.64. The van der Waals surface area contributed by atoms with Crippen molar-refractivity contribution in [3.63, 3.8) is 0 Å². The molecule has 0 spiro atoms. The van der Waals surface area contributed by atoms with Crippen molar-refractivity contribution in [2.45, 2.75) is 26.2 Å². The standard InChI is InChI=1S/C7H10O5/c1-2-5(8)3-4-6(9)12-7(10)11/h2-4H2,1H3,(H,10,11). The molecule has 5 heteroatoms. The van der Waals surface area contributed by atoms with Gasteiger partial charge in [-0.2, -0.15) is 0 Å². The molecule has 0 fully saturated rings. The Bertz CT molecular complexity index is 196. The van der Waals surface area contributed by atoms with Crippen molar-refractivity contribution < 1.29 is 24.2 Å². The van der Waals surface area contributed by atoms with E-state index in [2.05, 4.69) is 4.74 Å². The first-order chi connectivity index (χ1) is 5.56. The molecule has 0 rings (SSSR count). The number of ketones is 1. The molecule has 0 aliphatic heterocycles. The van der Waals surface area contributed by atoms with Gasteiger partial charge in [0.05, 0.1) is 6.42 Å². The maximum atomic E-state index is 10.6. The van der Waals surface area contributed by atoms with Crippen LogP contribution in [0.25, 0.3) is 0 Å². The molecule has 0 aromatic rings. The van der Waals surface area contributed by atoms with Gasteiger partial charge in [-0.15, -0.1) is 0 Å². The van der Waals surface area contributed by atoms with Gasteiger partial charge in [0.15, 0.2) is 0 Å². The third-order valence-corrected chi connectivity index (χ3v) is 1.20. The molecule has 0 saturated heterocycles. The van der Waals surface area contributed by atoms with Crippen LogP contribution in [0.2, 0.25) is 0 Å². The van der Waals surface area contributed by atoms with Gasteiger partial charge in [0, 0.05) is 12.8 Å². The van der Waals surface area contributed by atoms with E-state index in [-0.39, 0.29) is 18.6 Å². The van der Waals surface area contributed by atoms with Crippen LogP contribution in [0.5, 0.6) is 0 Å². The Morgan fingerprint density at radius 3 is 2.25 bits per heavy atom. The molecule has 0 aliphatic rings. The van der Waals surface area contributed by atoms with E-state index in [9.17, 15) is 14.4 Å². The van der Waals surface area contributed by atoms with Gasteiger partial charge in [0.2, 0.25) is 0 Å². The SMILES string of the molecule is CCC(=O)CCC(=O)OC(=O)O. The van der Waals surface area contributed by atoms with Crippen molar-refractivity contribution in [2.24, 2.45) is 0 Å². The van der Waals surface area contributed by atoms with Crippen LogP contribution in [-0.2, 0) is 14.3 Å². The molecule has 0 heterocycles. The summed E-state index contributed by atoms with van der Waals surface area (Å²) in [6.45, 7) is 1.67. The topological polar surface area (TPSA) is 80.7 Å². The average Bonchev–Trinajstić information content (AvgIpc) is 1.99. The number of carbonyl (C=O) groups is 3. The van der Waals surface area contributed by atoms with Crippen LogP contribution in [0.15, 0.2) is 0 Å². The number of hydrogen-bond donors (Lipinski definition) is 1. The van der Waals surface area contributed by atoms with Crippen LogP contribution in [0.3, 0.4) is 0 Å². The number of ether oxygens (including phenoxy) is 1. The van der Waals surface area contributed by atoms with Crippen LogP contribution in [-0.4, -0.2) is 23.0 Å². The Balaban J connectivity index is 3.57. The van der Waals surface area contributed by atoms with Crippen molar-refractivity contribution in [3.05, 3.63) is 0 Å². The molecule has 0 aromatic heterocycles. The number of carbonyl (C=O) groups excluding carboxylic acids is 2. The lowest BCUT2D eigenvalue weighted by Gasteiger charge is -1.96. The Kier molecular flexibility index (Phi) is 4.67. The van der Waals surface area contributed by atoms with Gasteiger partial charge in [-0.05, 0) is 0 Å². The highest BCUT2D eigenvalue weighted by Gasteiger charge is 2.09. The average molecular weight is 174 g/mol. The van der Waals surface area contributed by atoms with E-state index in [4.69, 9.17) is 5.11 Å². The van der Waals surface area contributed by atoms with E-state index >= 15 is 0 Å². The normalized spacial score (nSPS) is 9.08. The van der Waals surface area contributed by atoms with Crippen LogP contribution >= 0.6 is 0 Å². The van der Waals surface area contributed by atoms with Crippen molar-refractivity contribution in [1.82, 2.24) is 0 Å². The van der Waals surface area contributed by atoms with Gasteiger partial charge in [-0.1, -0.05) is 6.92 Å². The van der Waals surface area contributed by atoms with Crippen molar-refractivity contribution in [1.29, 1.82) is 0 Å². The molecule has 5 nitrogen and oxygen atoms in total. The fourth-order valence-electron chi connectivity index (χ4n) is 0.567. The van der Waals surface area contributed by atoms with E-state index < -0.39 is 12.1 Å². The monoisotopic (exact) mass is 174 g/mol.